The number of carboxylic acids is 1. The highest BCUT2D eigenvalue weighted by Crippen LogP contribution is 2.35. The molecule has 0 aliphatic heterocycles. The predicted molar refractivity (Wildman–Crippen MR) is 84.4 cm³/mol. The van der Waals surface area contributed by atoms with Crippen molar-refractivity contribution in [2.75, 3.05) is 0 Å². The predicted octanol–water partition coefficient (Wildman–Crippen LogP) is 4.36. The number of ether oxygens (including phenoxy) is 1. The molecule has 3 nitrogen and oxygen atoms in total. The van der Waals surface area contributed by atoms with Gasteiger partial charge in [0.15, 0.2) is 6.10 Å². The second kappa shape index (κ2) is 5.90. The highest BCUT2D eigenvalue weighted by atomic mass is 79.9. The number of hydrogen-bond acceptors (Lipinski definition) is 2. The van der Waals surface area contributed by atoms with Gasteiger partial charge in [0.05, 0.1) is 0 Å². The number of halogens is 1. The minimum Gasteiger partial charge on any atom is -0.478 e. The van der Waals surface area contributed by atoms with Gasteiger partial charge in [-0.25, -0.2) is 4.79 Å². The van der Waals surface area contributed by atoms with Gasteiger partial charge >= 0.3 is 5.97 Å². The molecule has 0 radical (unpaired) electrons. The molecule has 4 heteroatoms. The summed E-state index contributed by atoms with van der Waals surface area (Å²) in [5, 5.41) is 9.17. The topological polar surface area (TPSA) is 46.5 Å². The van der Waals surface area contributed by atoms with E-state index in [-0.39, 0.29) is 5.92 Å². The molecule has 1 fully saturated rings. The molecule has 108 valence electrons. The Hall–Kier alpha value is -1.81. The molecule has 1 aliphatic rings. The van der Waals surface area contributed by atoms with Crippen LogP contribution in [0.25, 0.3) is 11.1 Å². The molecule has 2 aromatic rings. The molecule has 1 saturated carbocycles. The van der Waals surface area contributed by atoms with Gasteiger partial charge in [-0.3, -0.25) is 0 Å². The van der Waals surface area contributed by atoms with Crippen LogP contribution in [-0.2, 0) is 4.79 Å². The Bertz CT molecular complexity index is 630. The molecular formula is C17H15BrO3. The number of rotatable bonds is 5. The third-order valence-corrected chi connectivity index (χ3v) is 4.12. The van der Waals surface area contributed by atoms with Crippen molar-refractivity contribution in [2.24, 2.45) is 5.92 Å². The lowest BCUT2D eigenvalue weighted by Gasteiger charge is -2.14. The Balaban J connectivity index is 1.74. The van der Waals surface area contributed by atoms with Crippen LogP contribution < -0.4 is 4.74 Å². The van der Waals surface area contributed by atoms with Gasteiger partial charge in [0, 0.05) is 10.4 Å². The molecule has 1 N–H and O–H groups in total. The molecule has 1 atom stereocenters. The summed E-state index contributed by atoms with van der Waals surface area (Å²) in [6, 6.07) is 15.6. The van der Waals surface area contributed by atoms with E-state index in [4.69, 9.17) is 4.74 Å². The van der Waals surface area contributed by atoms with Crippen molar-refractivity contribution in [3.05, 3.63) is 53.0 Å². The Morgan fingerprint density at radius 1 is 1.05 bits per heavy atom. The molecular weight excluding hydrogens is 332 g/mol. The summed E-state index contributed by atoms with van der Waals surface area (Å²) in [6.07, 6.45) is 1.16. The first kappa shape index (κ1) is 14.1. The molecule has 3 rings (SSSR count). The van der Waals surface area contributed by atoms with Gasteiger partial charge in [-0.15, -0.1) is 0 Å². The van der Waals surface area contributed by atoms with E-state index in [2.05, 4.69) is 15.9 Å². The van der Waals surface area contributed by atoms with Gasteiger partial charge in [-0.2, -0.15) is 0 Å². The largest absolute Gasteiger partial charge is 0.478 e. The van der Waals surface area contributed by atoms with Crippen molar-refractivity contribution in [3.8, 4) is 16.9 Å². The van der Waals surface area contributed by atoms with E-state index in [1.807, 2.05) is 48.5 Å². The maximum absolute atomic E-state index is 11.2. The lowest BCUT2D eigenvalue weighted by Crippen LogP contribution is -2.29. The maximum Gasteiger partial charge on any atom is 0.345 e. The first-order chi connectivity index (χ1) is 10.1. The lowest BCUT2D eigenvalue weighted by atomic mass is 10.1. The van der Waals surface area contributed by atoms with Crippen LogP contribution in [-0.4, -0.2) is 17.2 Å². The van der Waals surface area contributed by atoms with Crippen molar-refractivity contribution in [3.63, 3.8) is 0 Å². The van der Waals surface area contributed by atoms with E-state index in [9.17, 15) is 9.90 Å². The minimum absolute atomic E-state index is 0.161. The maximum atomic E-state index is 11.2. The van der Waals surface area contributed by atoms with Crippen LogP contribution in [0.1, 0.15) is 12.8 Å². The van der Waals surface area contributed by atoms with Gasteiger partial charge in [-0.1, -0.05) is 40.2 Å². The number of aliphatic carboxylic acids is 1. The fourth-order valence-electron chi connectivity index (χ4n) is 2.26. The van der Waals surface area contributed by atoms with Gasteiger partial charge in [-0.05, 0) is 48.2 Å². The number of carbonyl (C=O) groups is 1. The monoisotopic (exact) mass is 346 g/mol. The summed E-state index contributed by atoms with van der Waals surface area (Å²) in [5.74, 6) is -0.113. The van der Waals surface area contributed by atoms with Crippen molar-refractivity contribution in [2.45, 2.75) is 18.9 Å². The van der Waals surface area contributed by atoms with E-state index < -0.39 is 12.1 Å². The first-order valence-electron chi connectivity index (χ1n) is 6.89. The minimum atomic E-state index is -0.880. The molecule has 0 saturated heterocycles. The molecule has 0 amide bonds. The highest BCUT2D eigenvalue weighted by molar-refractivity contribution is 9.10. The molecule has 1 aliphatic carbocycles. The number of hydrogen-bond donors (Lipinski definition) is 1. The van der Waals surface area contributed by atoms with Crippen LogP contribution in [0.5, 0.6) is 5.75 Å². The fraction of sp³-hybridized carbons (Fsp3) is 0.235. The van der Waals surface area contributed by atoms with E-state index >= 15 is 0 Å². The van der Waals surface area contributed by atoms with E-state index in [1.165, 1.54) is 0 Å². The molecule has 0 bridgehead atoms. The summed E-state index contributed by atoms with van der Waals surface area (Å²) in [7, 11) is 0. The average molecular weight is 347 g/mol. The molecule has 2 aromatic carbocycles. The van der Waals surface area contributed by atoms with E-state index in [0.29, 0.717) is 5.75 Å². The van der Waals surface area contributed by atoms with E-state index in [0.717, 1.165) is 28.4 Å². The van der Waals surface area contributed by atoms with E-state index in [1.54, 1.807) is 0 Å². The summed E-state index contributed by atoms with van der Waals surface area (Å²) < 4.78 is 6.64. The van der Waals surface area contributed by atoms with Gasteiger partial charge in [0.25, 0.3) is 0 Å². The van der Waals surface area contributed by atoms with Crippen molar-refractivity contribution < 1.29 is 14.6 Å². The Morgan fingerprint density at radius 3 is 2.05 bits per heavy atom. The van der Waals surface area contributed by atoms with Crippen molar-refractivity contribution >= 4 is 21.9 Å². The quantitative estimate of drug-likeness (QED) is 0.874. The molecule has 0 heterocycles. The van der Waals surface area contributed by atoms with Crippen LogP contribution in [0, 0.1) is 5.92 Å². The fourth-order valence-corrected chi connectivity index (χ4v) is 2.53. The number of benzene rings is 2. The normalized spacial score (nSPS) is 15.5. The average Bonchev–Trinajstić information content (AvgIpc) is 3.30. The molecule has 1 unspecified atom stereocenters. The Kier molecular flexibility index (Phi) is 3.97. The van der Waals surface area contributed by atoms with Crippen LogP contribution in [0.3, 0.4) is 0 Å². The smallest absolute Gasteiger partial charge is 0.345 e. The van der Waals surface area contributed by atoms with Crippen molar-refractivity contribution in [1.82, 2.24) is 0 Å². The summed E-state index contributed by atoms with van der Waals surface area (Å²) in [5.41, 5.74) is 2.19. The molecule has 0 aromatic heterocycles. The highest BCUT2D eigenvalue weighted by Gasteiger charge is 2.38. The Labute approximate surface area is 131 Å². The third kappa shape index (κ3) is 3.45. The lowest BCUT2D eigenvalue weighted by molar-refractivity contribution is -0.146. The molecule has 21 heavy (non-hydrogen) atoms. The zero-order valence-electron chi connectivity index (χ0n) is 11.3. The van der Waals surface area contributed by atoms with Gasteiger partial charge in [0.2, 0.25) is 0 Å². The summed E-state index contributed by atoms with van der Waals surface area (Å²) in [4.78, 5) is 11.2. The first-order valence-corrected chi connectivity index (χ1v) is 7.68. The summed E-state index contributed by atoms with van der Waals surface area (Å²) >= 11 is 3.41. The molecule has 0 spiro atoms. The zero-order valence-corrected chi connectivity index (χ0v) is 12.9. The van der Waals surface area contributed by atoms with Crippen LogP contribution in [0.15, 0.2) is 53.0 Å². The second-order valence-electron chi connectivity index (χ2n) is 5.25. The zero-order chi connectivity index (χ0) is 14.8. The second-order valence-corrected chi connectivity index (χ2v) is 6.16. The Morgan fingerprint density at radius 2 is 1.57 bits per heavy atom. The van der Waals surface area contributed by atoms with Gasteiger partial charge in [0.1, 0.15) is 5.75 Å². The standard InChI is InChI=1S/C17H15BrO3/c18-14-7-3-11(4-8-14)12-5-9-15(10-6-12)21-16(17(19)20)13-1-2-13/h3-10,13,16H,1-2H2,(H,19,20). The van der Waals surface area contributed by atoms with Crippen LogP contribution in [0.4, 0.5) is 0 Å². The number of carboxylic acid groups (broad SMARTS) is 1. The van der Waals surface area contributed by atoms with Gasteiger partial charge < -0.3 is 9.84 Å². The SMILES string of the molecule is O=C(O)C(Oc1ccc(-c2ccc(Br)cc2)cc1)C1CC1. The third-order valence-electron chi connectivity index (χ3n) is 3.59. The summed E-state index contributed by atoms with van der Waals surface area (Å²) in [6.45, 7) is 0. The van der Waals surface area contributed by atoms with Crippen molar-refractivity contribution in [1.29, 1.82) is 0 Å². The van der Waals surface area contributed by atoms with Crippen LogP contribution in [0.2, 0.25) is 0 Å². The van der Waals surface area contributed by atoms with Crippen LogP contribution >= 0.6 is 15.9 Å².